The molecular weight excluding hydrogens is 190 g/mol. The number of rotatable bonds is 4. The molecule has 1 aliphatic carbocycles. The summed E-state index contributed by atoms with van der Waals surface area (Å²) in [6.07, 6.45) is 3.23. The van der Waals surface area contributed by atoms with Gasteiger partial charge in [0, 0.05) is 19.7 Å². The Morgan fingerprint density at radius 1 is 1.47 bits per heavy atom. The molecule has 0 bridgehead atoms. The Labute approximate surface area is 93.4 Å². The Morgan fingerprint density at radius 3 is 2.73 bits per heavy atom. The van der Waals surface area contributed by atoms with E-state index in [1.54, 1.807) is 7.11 Å². The van der Waals surface area contributed by atoms with E-state index in [1.807, 2.05) is 0 Å². The second kappa shape index (κ2) is 5.28. The molecule has 15 heavy (non-hydrogen) atoms. The van der Waals surface area contributed by atoms with Crippen molar-refractivity contribution in [3.05, 3.63) is 0 Å². The minimum absolute atomic E-state index is 0.0598. The molecule has 3 nitrogen and oxygen atoms in total. The van der Waals surface area contributed by atoms with Crippen LogP contribution < -0.4 is 0 Å². The molecule has 2 unspecified atom stereocenters. The van der Waals surface area contributed by atoms with Crippen LogP contribution in [0.4, 0.5) is 0 Å². The number of hydrogen-bond donors (Lipinski definition) is 1. The van der Waals surface area contributed by atoms with Gasteiger partial charge >= 0.3 is 0 Å². The van der Waals surface area contributed by atoms with Crippen LogP contribution >= 0.6 is 0 Å². The first kappa shape index (κ1) is 12.9. The Bertz CT molecular complexity index is 194. The first-order valence-corrected chi connectivity index (χ1v) is 5.86. The van der Waals surface area contributed by atoms with Crippen LogP contribution in [0.2, 0.25) is 0 Å². The van der Waals surface area contributed by atoms with E-state index in [0.29, 0.717) is 6.04 Å². The van der Waals surface area contributed by atoms with Crippen molar-refractivity contribution in [1.29, 1.82) is 0 Å². The molecule has 0 aromatic carbocycles. The summed E-state index contributed by atoms with van der Waals surface area (Å²) in [6, 6.07) is 0.295. The van der Waals surface area contributed by atoms with Gasteiger partial charge in [-0.2, -0.15) is 0 Å². The molecule has 2 atom stereocenters. The molecule has 3 heteroatoms. The van der Waals surface area contributed by atoms with Crippen molar-refractivity contribution in [3.8, 4) is 0 Å². The van der Waals surface area contributed by atoms with Gasteiger partial charge in [-0.25, -0.2) is 0 Å². The largest absolute Gasteiger partial charge is 0.391 e. The maximum absolute atomic E-state index is 10.3. The lowest BCUT2D eigenvalue weighted by Gasteiger charge is -2.44. The minimum Gasteiger partial charge on any atom is -0.391 e. The predicted octanol–water partition coefficient (Wildman–Crippen LogP) is 1.50. The van der Waals surface area contributed by atoms with E-state index in [9.17, 15) is 5.11 Å². The summed E-state index contributed by atoms with van der Waals surface area (Å²) in [4.78, 5) is 2.23. The van der Waals surface area contributed by atoms with Gasteiger partial charge in [-0.05, 0) is 25.3 Å². The van der Waals surface area contributed by atoms with Crippen LogP contribution in [0.5, 0.6) is 0 Å². The molecular formula is C12H25NO2. The second-order valence-electron chi connectivity index (χ2n) is 5.37. The van der Waals surface area contributed by atoms with Crippen molar-refractivity contribution < 1.29 is 9.84 Å². The summed E-state index contributed by atoms with van der Waals surface area (Å²) in [5.41, 5.74) is 0.0598. The van der Waals surface area contributed by atoms with Crippen LogP contribution in [0.1, 0.15) is 33.1 Å². The van der Waals surface area contributed by atoms with Gasteiger partial charge in [0.25, 0.3) is 0 Å². The zero-order valence-corrected chi connectivity index (χ0v) is 10.5. The number of hydrogen-bond acceptors (Lipinski definition) is 3. The fraction of sp³-hybridized carbons (Fsp3) is 1.00. The van der Waals surface area contributed by atoms with E-state index < -0.39 is 0 Å². The summed E-state index contributed by atoms with van der Waals surface area (Å²) < 4.78 is 5.07. The summed E-state index contributed by atoms with van der Waals surface area (Å²) in [6.45, 7) is 5.95. The summed E-state index contributed by atoms with van der Waals surface area (Å²) in [7, 11) is 3.80. The molecule has 0 radical (unpaired) electrons. The molecule has 90 valence electrons. The number of aliphatic hydroxyl groups excluding tert-OH is 1. The van der Waals surface area contributed by atoms with Crippen molar-refractivity contribution in [2.75, 3.05) is 27.3 Å². The van der Waals surface area contributed by atoms with Crippen molar-refractivity contribution in [1.82, 2.24) is 4.90 Å². The average Bonchev–Trinajstić information content (AvgIpc) is 2.18. The predicted molar refractivity (Wildman–Crippen MR) is 61.9 cm³/mol. The van der Waals surface area contributed by atoms with Crippen LogP contribution in [-0.2, 0) is 4.74 Å². The maximum atomic E-state index is 10.3. The molecule has 0 saturated heterocycles. The standard InChI is InChI=1S/C12H25NO2/c1-12(2)7-5-6-10(11(12)14)13(3)8-9-15-4/h10-11,14H,5-9H2,1-4H3. The minimum atomic E-state index is -0.215. The lowest BCUT2D eigenvalue weighted by molar-refractivity contribution is -0.0539. The Hall–Kier alpha value is -0.120. The Balaban J connectivity index is 2.53. The maximum Gasteiger partial charge on any atom is 0.0746 e. The molecule has 0 aromatic heterocycles. The van der Waals surface area contributed by atoms with Crippen LogP contribution in [-0.4, -0.2) is 49.5 Å². The van der Waals surface area contributed by atoms with E-state index in [-0.39, 0.29) is 11.5 Å². The quantitative estimate of drug-likeness (QED) is 0.771. The van der Waals surface area contributed by atoms with Gasteiger partial charge in [0.15, 0.2) is 0 Å². The average molecular weight is 215 g/mol. The lowest BCUT2D eigenvalue weighted by Crippen LogP contribution is -2.51. The van der Waals surface area contributed by atoms with Gasteiger partial charge in [0.05, 0.1) is 12.7 Å². The zero-order chi connectivity index (χ0) is 11.5. The molecule has 1 rings (SSSR count). The van der Waals surface area contributed by atoms with E-state index in [4.69, 9.17) is 4.74 Å². The summed E-state index contributed by atoms with van der Waals surface area (Å²) >= 11 is 0. The number of likely N-dealkylation sites (N-methyl/N-ethyl adjacent to an activating group) is 1. The van der Waals surface area contributed by atoms with Gasteiger partial charge in [-0.3, -0.25) is 4.90 Å². The second-order valence-corrected chi connectivity index (χ2v) is 5.37. The van der Waals surface area contributed by atoms with E-state index in [1.165, 1.54) is 6.42 Å². The number of methoxy groups -OCH3 is 1. The molecule has 0 aromatic rings. The molecule has 0 aliphatic heterocycles. The highest BCUT2D eigenvalue weighted by Crippen LogP contribution is 2.37. The van der Waals surface area contributed by atoms with Crippen LogP contribution in [0, 0.1) is 5.41 Å². The molecule has 1 fully saturated rings. The van der Waals surface area contributed by atoms with Gasteiger partial charge in [0.2, 0.25) is 0 Å². The van der Waals surface area contributed by atoms with Gasteiger partial charge in [-0.15, -0.1) is 0 Å². The first-order chi connectivity index (χ1) is 6.99. The third-order valence-electron chi connectivity index (χ3n) is 3.70. The molecule has 0 spiro atoms. The zero-order valence-electron chi connectivity index (χ0n) is 10.5. The van der Waals surface area contributed by atoms with Crippen molar-refractivity contribution >= 4 is 0 Å². The SMILES string of the molecule is COCCN(C)C1CCCC(C)(C)C1O. The van der Waals surface area contributed by atoms with E-state index in [0.717, 1.165) is 26.0 Å². The van der Waals surface area contributed by atoms with Gasteiger partial charge in [-0.1, -0.05) is 20.3 Å². The third kappa shape index (κ3) is 3.16. The normalized spacial score (nSPS) is 30.8. The smallest absolute Gasteiger partial charge is 0.0746 e. The first-order valence-electron chi connectivity index (χ1n) is 5.86. The monoisotopic (exact) mass is 215 g/mol. The van der Waals surface area contributed by atoms with Crippen LogP contribution in [0.3, 0.4) is 0 Å². The third-order valence-corrected chi connectivity index (χ3v) is 3.70. The fourth-order valence-corrected chi connectivity index (χ4v) is 2.46. The molecule has 0 amide bonds. The van der Waals surface area contributed by atoms with Gasteiger partial charge < -0.3 is 9.84 Å². The topological polar surface area (TPSA) is 32.7 Å². The molecule has 1 saturated carbocycles. The fourth-order valence-electron chi connectivity index (χ4n) is 2.46. The van der Waals surface area contributed by atoms with Crippen molar-refractivity contribution in [3.63, 3.8) is 0 Å². The van der Waals surface area contributed by atoms with Crippen LogP contribution in [0.25, 0.3) is 0 Å². The molecule has 1 aliphatic rings. The summed E-state index contributed by atoms with van der Waals surface area (Å²) in [5.74, 6) is 0. The number of ether oxygens (including phenoxy) is 1. The van der Waals surface area contributed by atoms with E-state index >= 15 is 0 Å². The van der Waals surface area contributed by atoms with Crippen LogP contribution in [0.15, 0.2) is 0 Å². The Kier molecular flexibility index (Phi) is 4.56. The summed E-state index contributed by atoms with van der Waals surface area (Å²) in [5, 5.41) is 10.3. The van der Waals surface area contributed by atoms with Crippen molar-refractivity contribution in [2.45, 2.75) is 45.3 Å². The Morgan fingerprint density at radius 2 is 2.13 bits per heavy atom. The lowest BCUT2D eigenvalue weighted by atomic mass is 9.72. The highest BCUT2D eigenvalue weighted by molar-refractivity contribution is 4.92. The number of nitrogens with zero attached hydrogens (tertiary/aromatic N) is 1. The number of aliphatic hydroxyl groups is 1. The highest BCUT2D eigenvalue weighted by Gasteiger charge is 2.39. The molecule has 0 heterocycles. The highest BCUT2D eigenvalue weighted by atomic mass is 16.5. The van der Waals surface area contributed by atoms with Gasteiger partial charge in [0.1, 0.15) is 0 Å². The molecule has 1 N–H and O–H groups in total. The van der Waals surface area contributed by atoms with Crippen molar-refractivity contribution in [2.24, 2.45) is 5.41 Å². The van der Waals surface area contributed by atoms with E-state index in [2.05, 4.69) is 25.8 Å².